The van der Waals surface area contributed by atoms with Crippen molar-refractivity contribution in [1.82, 2.24) is 4.57 Å². The Morgan fingerprint density at radius 2 is 1.45 bits per heavy atom. The summed E-state index contributed by atoms with van der Waals surface area (Å²) in [6.07, 6.45) is 0.113. The summed E-state index contributed by atoms with van der Waals surface area (Å²) in [4.78, 5) is 12.1. The molecule has 9 heteroatoms. The quantitative estimate of drug-likeness (QED) is 0.0671. The molecule has 1 aromatic heterocycles. The van der Waals surface area contributed by atoms with E-state index in [1.807, 2.05) is 48.5 Å². The minimum Gasteiger partial charge on any atom is -0.481 e. The van der Waals surface area contributed by atoms with E-state index < -0.39 is 28.4 Å². The van der Waals surface area contributed by atoms with Crippen molar-refractivity contribution in [3.8, 4) is 5.69 Å². The van der Waals surface area contributed by atoms with E-state index in [1.54, 1.807) is 12.1 Å². The van der Waals surface area contributed by atoms with Gasteiger partial charge in [0.15, 0.2) is 0 Å². The van der Waals surface area contributed by atoms with Gasteiger partial charge in [-0.1, -0.05) is 113 Å². The fourth-order valence-electron chi connectivity index (χ4n) is 7.00. The van der Waals surface area contributed by atoms with Gasteiger partial charge in [0.25, 0.3) is 8.32 Å². The van der Waals surface area contributed by atoms with Gasteiger partial charge < -0.3 is 14.1 Å². The number of carboxylic acid groups (broad SMARTS) is 1. The maximum Gasteiger partial charge on any atom is 0.510 e. The van der Waals surface area contributed by atoms with Crippen molar-refractivity contribution >= 4 is 43.6 Å². The number of halogens is 1. The van der Waals surface area contributed by atoms with Crippen LogP contribution >= 0.6 is 8.03 Å². The number of hydrogen-bond donors (Lipinski definition) is 1. The molecule has 49 heavy (non-hydrogen) atoms. The Kier molecular flexibility index (Phi) is 11.7. The highest BCUT2D eigenvalue weighted by Crippen LogP contribution is 2.40. The highest BCUT2D eigenvalue weighted by Gasteiger charge is 2.52. The number of aromatic nitrogens is 1. The van der Waals surface area contributed by atoms with Crippen molar-refractivity contribution in [2.75, 3.05) is 12.8 Å². The molecule has 5 rings (SSSR count). The van der Waals surface area contributed by atoms with E-state index in [-0.39, 0.29) is 36.0 Å². The van der Waals surface area contributed by atoms with Crippen molar-refractivity contribution in [2.24, 2.45) is 0 Å². The van der Waals surface area contributed by atoms with E-state index in [2.05, 4.69) is 75.6 Å². The number of nitrogens with zero attached hydrogens (tertiary/aromatic N) is 1. The van der Waals surface area contributed by atoms with Gasteiger partial charge in [0, 0.05) is 16.8 Å². The highest BCUT2D eigenvalue weighted by molar-refractivity contribution is 7.39. The first-order chi connectivity index (χ1) is 23.4. The Labute approximate surface area is 290 Å². The van der Waals surface area contributed by atoms with Crippen molar-refractivity contribution in [2.45, 2.75) is 70.9 Å². The largest absolute Gasteiger partial charge is 0.510 e. The van der Waals surface area contributed by atoms with Crippen LogP contribution in [0, 0.1) is 5.82 Å². The fourth-order valence-corrected chi connectivity index (χ4v) is 12.8. The monoisotopic (exact) mass is 698 g/mol. The number of aliphatic carboxylic acids is 1. The molecule has 0 fully saturated rings. The summed E-state index contributed by atoms with van der Waals surface area (Å²) in [5, 5.41) is 12.8. The van der Waals surface area contributed by atoms with Crippen LogP contribution in [-0.2, 0) is 24.7 Å². The van der Waals surface area contributed by atoms with Crippen LogP contribution in [0.1, 0.15) is 64.6 Å². The van der Waals surface area contributed by atoms with E-state index in [4.69, 9.17) is 8.95 Å². The average molecular weight is 699 g/mol. The van der Waals surface area contributed by atoms with Crippen molar-refractivity contribution in [3.63, 3.8) is 0 Å². The number of carbonyl (C=O) groups is 1. The van der Waals surface area contributed by atoms with E-state index in [9.17, 15) is 18.9 Å². The van der Waals surface area contributed by atoms with Gasteiger partial charge in [0.05, 0.1) is 11.9 Å². The van der Waals surface area contributed by atoms with Gasteiger partial charge in [0.1, 0.15) is 18.5 Å². The van der Waals surface area contributed by atoms with Crippen LogP contribution < -0.4 is 10.4 Å². The molecule has 1 unspecified atom stereocenters. The summed E-state index contributed by atoms with van der Waals surface area (Å²) in [5.74, 6) is -1.06. The zero-order chi connectivity index (χ0) is 35.2. The minimum absolute atomic E-state index is 0.0286. The van der Waals surface area contributed by atoms with Crippen molar-refractivity contribution < 1.29 is 27.8 Å². The molecule has 0 saturated heterocycles. The van der Waals surface area contributed by atoms with Gasteiger partial charge in [-0.05, 0) is 74.6 Å². The second-order valence-electron chi connectivity index (χ2n) is 13.8. The second-order valence-corrected chi connectivity index (χ2v) is 19.3. The molecular weight excluding hydrogens is 653 g/mol. The lowest BCUT2D eigenvalue weighted by Gasteiger charge is -2.44. The Hall–Kier alpha value is -3.94. The van der Waals surface area contributed by atoms with Gasteiger partial charge in [0.2, 0.25) is 6.16 Å². The van der Waals surface area contributed by atoms with Gasteiger partial charge in [-0.3, -0.25) is 4.79 Å². The van der Waals surface area contributed by atoms with Crippen molar-refractivity contribution in [3.05, 3.63) is 126 Å². The molecular formula is C40H46FNO5PSi+. The molecule has 0 radical (unpaired) electrons. The predicted octanol–water partition coefficient (Wildman–Crippen LogP) is 9.00. The van der Waals surface area contributed by atoms with Crippen LogP contribution in [0.5, 0.6) is 0 Å². The SMILES string of the molecule is CC(C)c1c(CCCO[P+](=O)C[C@H](CC(=O)O)O[Si](c2ccccc2)(c2ccccc2)C(C)(C)C)n(-c2ccc(F)cc2)c2ccccc12. The lowest BCUT2D eigenvalue weighted by molar-refractivity contribution is -0.138. The average Bonchev–Trinajstić information content (AvgIpc) is 3.40. The number of carboxylic acids is 1. The standard InChI is InChI=1S/C40H45FNO5PSi/c1-29(2)39-35-19-12-13-20-36(35)42(31-24-22-30(41)23-25-31)37(39)21-14-26-46-48(45)28-32(27-38(43)44)47-49(40(3,4)5,33-15-8-6-9-16-33)34-17-10-7-11-18-34/h6-13,15-20,22-25,29,32H,14,21,26-28H2,1-5H3/p+1/t32-/m0/s1. The third-order valence-corrected chi connectivity index (χ3v) is 15.3. The number of rotatable bonds is 15. The molecule has 0 aliphatic heterocycles. The third kappa shape index (κ3) is 8.10. The maximum absolute atomic E-state index is 13.9. The van der Waals surface area contributed by atoms with E-state index in [0.717, 1.165) is 32.7 Å². The van der Waals surface area contributed by atoms with Crippen LogP contribution in [0.2, 0.25) is 5.04 Å². The molecule has 0 bridgehead atoms. The van der Waals surface area contributed by atoms with Gasteiger partial charge >= 0.3 is 14.0 Å². The minimum atomic E-state index is -3.08. The highest BCUT2D eigenvalue weighted by atomic mass is 31.1. The fraction of sp³-hybridized carbons (Fsp3) is 0.325. The van der Waals surface area contributed by atoms with Crippen LogP contribution in [-0.4, -0.2) is 42.8 Å². The Morgan fingerprint density at radius 3 is 2.00 bits per heavy atom. The lowest BCUT2D eigenvalue weighted by atomic mass is 9.97. The smallest absolute Gasteiger partial charge is 0.481 e. The molecule has 0 saturated carbocycles. The second kappa shape index (κ2) is 15.7. The van der Waals surface area contributed by atoms with Gasteiger partial charge in [-0.25, -0.2) is 4.39 Å². The zero-order valence-corrected chi connectivity index (χ0v) is 30.8. The van der Waals surface area contributed by atoms with E-state index >= 15 is 0 Å². The van der Waals surface area contributed by atoms with Crippen LogP contribution in [0.4, 0.5) is 4.39 Å². The summed E-state index contributed by atoms with van der Waals surface area (Å²) >= 11 is 0. The van der Waals surface area contributed by atoms with Crippen molar-refractivity contribution in [1.29, 1.82) is 0 Å². The maximum atomic E-state index is 13.9. The molecule has 256 valence electrons. The molecule has 4 aromatic carbocycles. The predicted molar refractivity (Wildman–Crippen MR) is 199 cm³/mol. The summed E-state index contributed by atoms with van der Waals surface area (Å²) in [5.41, 5.74) is 4.27. The molecule has 1 heterocycles. The molecule has 0 amide bonds. The summed E-state index contributed by atoms with van der Waals surface area (Å²) in [7, 11) is -5.29. The first-order valence-corrected chi connectivity index (χ1v) is 20.2. The number of fused-ring (bicyclic) bond motifs is 1. The Bertz CT molecular complexity index is 1830. The lowest BCUT2D eigenvalue weighted by Crippen LogP contribution is -2.68. The zero-order valence-electron chi connectivity index (χ0n) is 28.9. The van der Waals surface area contributed by atoms with E-state index in [1.165, 1.54) is 17.7 Å². The van der Waals surface area contributed by atoms with Crippen LogP contribution in [0.3, 0.4) is 0 Å². The van der Waals surface area contributed by atoms with Crippen LogP contribution in [0.25, 0.3) is 16.6 Å². The molecule has 0 aliphatic carbocycles. The van der Waals surface area contributed by atoms with Crippen LogP contribution in [0.15, 0.2) is 109 Å². The van der Waals surface area contributed by atoms with Gasteiger partial charge in [-0.2, -0.15) is 0 Å². The number of benzene rings is 4. The number of hydrogen-bond acceptors (Lipinski definition) is 4. The first kappa shape index (κ1) is 36.3. The third-order valence-electron chi connectivity index (χ3n) is 8.99. The molecule has 0 spiro atoms. The molecule has 0 aliphatic rings. The van der Waals surface area contributed by atoms with Gasteiger partial charge in [-0.15, -0.1) is 4.52 Å². The first-order valence-electron chi connectivity index (χ1n) is 16.9. The van der Waals surface area contributed by atoms with E-state index in [0.29, 0.717) is 12.8 Å². The summed E-state index contributed by atoms with van der Waals surface area (Å²) in [6.45, 7) is 11.0. The normalized spacial score (nSPS) is 13.2. The summed E-state index contributed by atoms with van der Waals surface area (Å²) in [6, 6.07) is 34.8. The summed E-state index contributed by atoms with van der Waals surface area (Å²) < 4.78 is 42.5. The molecule has 1 N–H and O–H groups in total. The number of para-hydroxylation sites is 1. The Balaban J connectivity index is 1.36. The molecule has 5 aromatic rings. The molecule has 6 nitrogen and oxygen atoms in total. The molecule has 2 atom stereocenters. The Morgan fingerprint density at radius 1 is 0.878 bits per heavy atom. The topological polar surface area (TPSA) is 77.8 Å².